The standard InChI is InChI=1S/C30H37N5O3/c1-21(23-8-4-3-5-9-23)33-30-25-16-27(28(38-19-22-12-13-22)17-26(25)31-20-32-30)34-29(36)11-6-14-35(2)18-24-10-7-15-37-24/h3-6,8-9,11,16-17,20-22,24H,7,10,12-15,18-19H2,1-2H3,(H,34,36)(H,31,32,33). The Morgan fingerprint density at radius 3 is 2.82 bits per heavy atom. The highest BCUT2D eigenvalue weighted by Crippen LogP contribution is 2.36. The molecule has 2 atom stereocenters. The summed E-state index contributed by atoms with van der Waals surface area (Å²) in [6, 6.07) is 14.1. The van der Waals surface area contributed by atoms with E-state index in [-0.39, 0.29) is 11.9 Å². The van der Waals surface area contributed by atoms with Crippen molar-refractivity contribution >= 4 is 28.3 Å². The van der Waals surface area contributed by atoms with Gasteiger partial charge < -0.3 is 25.0 Å². The second-order valence-electron chi connectivity index (χ2n) is 10.4. The van der Waals surface area contributed by atoms with Crippen molar-refractivity contribution in [1.29, 1.82) is 0 Å². The number of aromatic nitrogens is 2. The number of nitrogens with zero attached hydrogens (tertiary/aromatic N) is 3. The molecule has 2 heterocycles. The minimum absolute atomic E-state index is 0.0488. The Labute approximate surface area is 224 Å². The van der Waals surface area contributed by atoms with Gasteiger partial charge in [0.25, 0.3) is 0 Å². The lowest BCUT2D eigenvalue weighted by Crippen LogP contribution is -2.28. The van der Waals surface area contributed by atoms with Gasteiger partial charge in [0.15, 0.2) is 0 Å². The SMILES string of the molecule is CC(Nc1ncnc2cc(OCC3CC3)c(NC(=O)C=CCN(C)CC3CCCO3)cc12)c1ccccc1. The Bertz CT molecular complexity index is 1260. The minimum atomic E-state index is -0.199. The van der Waals surface area contributed by atoms with E-state index in [9.17, 15) is 4.79 Å². The van der Waals surface area contributed by atoms with Gasteiger partial charge in [-0.25, -0.2) is 9.97 Å². The summed E-state index contributed by atoms with van der Waals surface area (Å²) in [6.45, 7) is 5.13. The molecule has 1 saturated heterocycles. The van der Waals surface area contributed by atoms with Crippen LogP contribution < -0.4 is 15.4 Å². The molecule has 2 fully saturated rings. The van der Waals surface area contributed by atoms with E-state index in [0.717, 1.165) is 42.5 Å². The van der Waals surface area contributed by atoms with E-state index >= 15 is 0 Å². The highest BCUT2D eigenvalue weighted by atomic mass is 16.5. The molecule has 1 aliphatic carbocycles. The Balaban J connectivity index is 1.31. The lowest BCUT2D eigenvalue weighted by atomic mass is 10.1. The van der Waals surface area contributed by atoms with E-state index in [1.807, 2.05) is 43.5 Å². The molecule has 1 saturated carbocycles. The number of likely N-dealkylation sites (N-methyl/N-ethyl adjacent to an activating group) is 1. The van der Waals surface area contributed by atoms with Gasteiger partial charge in [0.2, 0.25) is 5.91 Å². The van der Waals surface area contributed by atoms with E-state index in [1.165, 1.54) is 12.8 Å². The van der Waals surface area contributed by atoms with Crippen molar-refractivity contribution in [3.8, 4) is 5.75 Å². The van der Waals surface area contributed by atoms with Crippen LogP contribution in [0.15, 0.2) is 60.9 Å². The molecule has 1 aromatic heterocycles. The van der Waals surface area contributed by atoms with Crippen LogP contribution in [-0.4, -0.2) is 60.2 Å². The number of benzene rings is 2. The van der Waals surface area contributed by atoms with E-state index in [1.54, 1.807) is 12.4 Å². The molecular weight excluding hydrogens is 478 g/mol. The van der Waals surface area contributed by atoms with Crippen LogP contribution in [0.2, 0.25) is 0 Å². The first-order valence-corrected chi connectivity index (χ1v) is 13.6. The van der Waals surface area contributed by atoms with Crippen molar-refractivity contribution in [1.82, 2.24) is 14.9 Å². The van der Waals surface area contributed by atoms with Crippen LogP contribution in [-0.2, 0) is 9.53 Å². The number of anilines is 2. The van der Waals surface area contributed by atoms with Crippen molar-refractivity contribution in [2.24, 2.45) is 5.92 Å². The summed E-state index contributed by atoms with van der Waals surface area (Å²) in [7, 11) is 2.04. The average Bonchev–Trinajstić information content (AvgIpc) is 3.62. The molecule has 8 heteroatoms. The average molecular weight is 516 g/mol. The predicted octanol–water partition coefficient (Wildman–Crippen LogP) is 5.20. The number of carbonyl (C=O) groups is 1. The third kappa shape index (κ3) is 7.08. The molecule has 2 aliphatic rings. The van der Waals surface area contributed by atoms with Crippen LogP contribution in [0.4, 0.5) is 11.5 Å². The monoisotopic (exact) mass is 515 g/mol. The van der Waals surface area contributed by atoms with Crippen LogP contribution in [0.25, 0.3) is 10.9 Å². The largest absolute Gasteiger partial charge is 0.491 e. The molecule has 0 bridgehead atoms. The second kappa shape index (κ2) is 12.4. The number of carbonyl (C=O) groups excluding carboxylic acids is 1. The topological polar surface area (TPSA) is 88.6 Å². The van der Waals surface area contributed by atoms with Crippen LogP contribution in [0.5, 0.6) is 5.75 Å². The minimum Gasteiger partial charge on any atom is -0.491 e. The van der Waals surface area contributed by atoms with Gasteiger partial charge in [0.05, 0.1) is 23.9 Å². The Hall–Kier alpha value is -3.49. The van der Waals surface area contributed by atoms with Gasteiger partial charge in [-0.2, -0.15) is 0 Å². The van der Waals surface area contributed by atoms with Gasteiger partial charge in [0.1, 0.15) is 17.9 Å². The Morgan fingerprint density at radius 2 is 2.05 bits per heavy atom. The predicted molar refractivity (Wildman–Crippen MR) is 150 cm³/mol. The van der Waals surface area contributed by atoms with Gasteiger partial charge in [-0.15, -0.1) is 0 Å². The van der Waals surface area contributed by atoms with E-state index in [4.69, 9.17) is 9.47 Å². The first-order chi connectivity index (χ1) is 18.5. The van der Waals surface area contributed by atoms with Crippen molar-refractivity contribution < 1.29 is 14.3 Å². The molecule has 1 aliphatic heterocycles. The second-order valence-corrected chi connectivity index (χ2v) is 10.4. The van der Waals surface area contributed by atoms with Gasteiger partial charge >= 0.3 is 0 Å². The molecule has 3 aromatic rings. The zero-order chi connectivity index (χ0) is 26.3. The molecule has 38 heavy (non-hydrogen) atoms. The molecule has 2 N–H and O–H groups in total. The smallest absolute Gasteiger partial charge is 0.248 e. The number of ether oxygens (including phenoxy) is 2. The fourth-order valence-electron chi connectivity index (χ4n) is 4.66. The van der Waals surface area contributed by atoms with Gasteiger partial charge in [0, 0.05) is 43.3 Å². The summed E-state index contributed by atoms with van der Waals surface area (Å²) in [5.41, 5.74) is 2.54. The Kier molecular flexibility index (Phi) is 8.51. The summed E-state index contributed by atoms with van der Waals surface area (Å²) >= 11 is 0. The number of rotatable bonds is 12. The van der Waals surface area contributed by atoms with Crippen LogP contribution in [0, 0.1) is 5.92 Å². The first-order valence-electron chi connectivity index (χ1n) is 13.6. The highest BCUT2D eigenvalue weighted by molar-refractivity contribution is 6.03. The first kappa shape index (κ1) is 26.1. The number of hydrogen-bond donors (Lipinski definition) is 2. The number of fused-ring (bicyclic) bond motifs is 1. The van der Waals surface area contributed by atoms with Crippen molar-refractivity contribution in [3.63, 3.8) is 0 Å². The fraction of sp³-hybridized carbons (Fsp3) is 0.433. The molecular formula is C30H37N5O3. The summed E-state index contributed by atoms with van der Waals surface area (Å²) in [6.07, 6.45) is 9.91. The van der Waals surface area contributed by atoms with Crippen LogP contribution in [0.3, 0.4) is 0 Å². The number of amides is 1. The Morgan fingerprint density at radius 1 is 1.21 bits per heavy atom. The lowest BCUT2D eigenvalue weighted by molar-refractivity contribution is -0.111. The van der Waals surface area contributed by atoms with E-state index in [0.29, 0.717) is 42.4 Å². The molecule has 200 valence electrons. The summed E-state index contributed by atoms with van der Waals surface area (Å²) in [5.74, 6) is 1.72. The number of hydrogen-bond acceptors (Lipinski definition) is 7. The third-order valence-electron chi connectivity index (χ3n) is 7.04. The zero-order valence-corrected chi connectivity index (χ0v) is 22.2. The van der Waals surface area contributed by atoms with Crippen molar-refractivity contribution in [2.75, 3.05) is 44.0 Å². The maximum Gasteiger partial charge on any atom is 0.248 e. The maximum atomic E-state index is 12.9. The fourth-order valence-corrected chi connectivity index (χ4v) is 4.66. The zero-order valence-electron chi connectivity index (χ0n) is 22.2. The van der Waals surface area contributed by atoms with Gasteiger partial charge in [-0.05, 0) is 57.2 Å². The van der Waals surface area contributed by atoms with Crippen LogP contribution in [0.1, 0.15) is 44.2 Å². The highest BCUT2D eigenvalue weighted by Gasteiger charge is 2.23. The van der Waals surface area contributed by atoms with Gasteiger partial charge in [-0.1, -0.05) is 36.4 Å². The quantitative estimate of drug-likeness (QED) is 0.321. The van der Waals surface area contributed by atoms with E-state index < -0.39 is 0 Å². The van der Waals surface area contributed by atoms with Crippen molar-refractivity contribution in [3.05, 3.63) is 66.5 Å². The lowest BCUT2D eigenvalue weighted by Gasteiger charge is -2.18. The molecule has 0 spiro atoms. The normalized spacial score (nSPS) is 18.2. The summed E-state index contributed by atoms with van der Waals surface area (Å²) in [5, 5.41) is 7.36. The summed E-state index contributed by atoms with van der Waals surface area (Å²) in [4.78, 5) is 24.0. The molecule has 2 aromatic carbocycles. The third-order valence-corrected chi connectivity index (χ3v) is 7.04. The van der Waals surface area contributed by atoms with Crippen molar-refractivity contribution in [2.45, 2.75) is 44.8 Å². The number of nitrogens with one attached hydrogen (secondary N) is 2. The van der Waals surface area contributed by atoms with E-state index in [2.05, 4.69) is 44.6 Å². The molecule has 5 rings (SSSR count). The maximum absolute atomic E-state index is 12.9. The summed E-state index contributed by atoms with van der Waals surface area (Å²) < 4.78 is 11.8. The molecule has 0 radical (unpaired) electrons. The molecule has 8 nitrogen and oxygen atoms in total. The van der Waals surface area contributed by atoms with Gasteiger partial charge in [-0.3, -0.25) is 4.79 Å². The molecule has 2 unspecified atom stereocenters. The van der Waals surface area contributed by atoms with Crippen LogP contribution >= 0.6 is 0 Å². The molecule has 1 amide bonds.